The van der Waals surface area contributed by atoms with Crippen LogP contribution in [-0.2, 0) is 6.54 Å². The zero-order chi connectivity index (χ0) is 20.3. The van der Waals surface area contributed by atoms with Gasteiger partial charge in [-0.15, -0.1) is 12.4 Å². The molecule has 0 atom stereocenters. The maximum Gasteiger partial charge on any atom is 0.0205 e. The van der Waals surface area contributed by atoms with E-state index in [9.17, 15) is 0 Å². The number of benzene rings is 2. The summed E-state index contributed by atoms with van der Waals surface area (Å²) in [7, 11) is 0. The van der Waals surface area contributed by atoms with E-state index in [1.807, 2.05) is 0 Å². The van der Waals surface area contributed by atoms with Gasteiger partial charge in [0.2, 0.25) is 0 Å². The van der Waals surface area contributed by atoms with E-state index < -0.39 is 0 Å². The summed E-state index contributed by atoms with van der Waals surface area (Å²) in [5, 5.41) is 3.53. The number of hydrogen-bond acceptors (Lipinski definition) is 1. The Morgan fingerprint density at radius 3 is 1.52 bits per heavy atom. The van der Waals surface area contributed by atoms with E-state index in [0.29, 0.717) is 0 Å². The lowest BCUT2D eigenvalue weighted by Crippen LogP contribution is -2.14. The first kappa shape index (κ1) is 27.7. The molecule has 0 radical (unpaired) electrons. The van der Waals surface area contributed by atoms with Crippen LogP contribution >= 0.6 is 12.4 Å². The molecule has 2 aromatic rings. The third kappa shape index (κ3) is 16.2. The van der Waals surface area contributed by atoms with Gasteiger partial charge in [-0.1, -0.05) is 119 Å². The fourth-order valence-corrected chi connectivity index (χ4v) is 3.23. The largest absolute Gasteiger partial charge is 0.313 e. The first-order valence-corrected chi connectivity index (χ1v) is 11.5. The van der Waals surface area contributed by atoms with Crippen molar-refractivity contribution in [3.05, 3.63) is 71.3 Å². The van der Waals surface area contributed by atoms with Crippen LogP contribution in [0.5, 0.6) is 0 Å². The monoisotopic (exact) mass is 417 g/mol. The van der Waals surface area contributed by atoms with Gasteiger partial charge in [-0.25, -0.2) is 0 Å². The quantitative estimate of drug-likeness (QED) is 0.322. The van der Waals surface area contributed by atoms with E-state index in [1.54, 1.807) is 0 Å². The van der Waals surface area contributed by atoms with E-state index in [4.69, 9.17) is 0 Å². The lowest BCUT2D eigenvalue weighted by Gasteiger charge is -2.05. The fourth-order valence-electron chi connectivity index (χ4n) is 3.23. The third-order valence-corrected chi connectivity index (χ3v) is 5.30. The molecule has 0 aliphatic heterocycles. The molecule has 0 bridgehead atoms. The Morgan fingerprint density at radius 2 is 1.03 bits per heavy atom. The normalized spacial score (nSPS) is 10.0. The molecule has 0 aliphatic rings. The summed E-state index contributed by atoms with van der Waals surface area (Å²) in [4.78, 5) is 0. The highest BCUT2D eigenvalue weighted by molar-refractivity contribution is 5.85. The molecule has 0 heterocycles. The first-order valence-electron chi connectivity index (χ1n) is 11.5. The van der Waals surface area contributed by atoms with Gasteiger partial charge in [0.25, 0.3) is 0 Å². The molecule has 0 fully saturated rings. The molecular weight excluding hydrogens is 374 g/mol. The summed E-state index contributed by atoms with van der Waals surface area (Å²) in [6.45, 7) is 8.69. The second kappa shape index (κ2) is 20.0. The van der Waals surface area contributed by atoms with E-state index >= 15 is 0 Å². The molecule has 1 nitrogen and oxygen atoms in total. The molecule has 0 aliphatic carbocycles. The number of hydrogen-bond donors (Lipinski definition) is 1. The van der Waals surface area contributed by atoms with E-state index in [-0.39, 0.29) is 12.4 Å². The van der Waals surface area contributed by atoms with Gasteiger partial charge in [0, 0.05) is 6.54 Å². The van der Waals surface area contributed by atoms with Crippen LogP contribution in [0.15, 0.2) is 54.6 Å². The lowest BCUT2D eigenvalue weighted by atomic mass is 10.1. The highest BCUT2D eigenvalue weighted by Crippen LogP contribution is 2.10. The zero-order valence-electron chi connectivity index (χ0n) is 19.1. The molecule has 29 heavy (non-hydrogen) atoms. The molecule has 1 N–H and O–H groups in total. The van der Waals surface area contributed by atoms with Crippen LogP contribution in [0.1, 0.15) is 87.8 Å². The Labute approximate surface area is 187 Å². The predicted molar refractivity (Wildman–Crippen MR) is 133 cm³/mol. The molecule has 2 heteroatoms. The number of nitrogens with one attached hydrogen (secondary N) is 1. The van der Waals surface area contributed by atoms with Crippen molar-refractivity contribution in [1.82, 2.24) is 5.32 Å². The van der Waals surface area contributed by atoms with E-state index in [2.05, 4.69) is 80.7 Å². The van der Waals surface area contributed by atoms with Gasteiger partial charge in [0.05, 0.1) is 0 Å². The van der Waals surface area contributed by atoms with Crippen LogP contribution in [0, 0.1) is 13.8 Å². The minimum absolute atomic E-state index is 0. The lowest BCUT2D eigenvalue weighted by molar-refractivity contribution is 0.543. The van der Waals surface area contributed by atoms with Crippen molar-refractivity contribution in [3.63, 3.8) is 0 Å². The molecule has 164 valence electrons. The summed E-state index contributed by atoms with van der Waals surface area (Å²) >= 11 is 0. The SMILES string of the molecule is CCCCCCCCCCCCNCc1ccccc1.Cc1ccccc1C.Cl. The van der Waals surface area contributed by atoms with Crippen molar-refractivity contribution >= 4 is 12.4 Å². The smallest absolute Gasteiger partial charge is 0.0205 e. The van der Waals surface area contributed by atoms with Gasteiger partial charge in [0.1, 0.15) is 0 Å². The van der Waals surface area contributed by atoms with Crippen molar-refractivity contribution < 1.29 is 0 Å². The van der Waals surface area contributed by atoms with Crippen LogP contribution in [0.4, 0.5) is 0 Å². The highest BCUT2D eigenvalue weighted by atomic mass is 35.5. The van der Waals surface area contributed by atoms with Crippen molar-refractivity contribution in [2.45, 2.75) is 91.5 Å². The second-order valence-corrected chi connectivity index (χ2v) is 7.93. The van der Waals surface area contributed by atoms with Gasteiger partial charge in [0.15, 0.2) is 0 Å². The average molecular weight is 418 g/mol. The van der Waals surface area contributed by atoms with Crippen LogP contribution in [0.3, 0.4) is 0 Å². The standard InChI is InChI=1S/C19H33N.C8H10.ClH/c1-2-3-4-5-6-7-8-9-10-14-17-20-18-19-15-12-11-13-16-19;1-7-5-3-4-6-8(7)2;/h11-13,15-16,20H,2-10,14,17-18H2,1H3;3-6H,1-2H3;1H. The summed E-state index contributed by atoms with van der Waals surface area (Å²) in [6.07, 6.45) is 14.1. The first-order chi connectivity index (χ1) is 13.7. The molecule has 0 saturated carbocycles. The van der Waals surface area contributed by atoms with Gasteiger partial charge >= 0.3 is 0 Å². The van der Waals surface area contributed by atoms with Gasteiger partial charge < -0.3 is 5.32 Å². The number of rotatable bonds is 13. The van der Waals surface area contributed by atoms with Gasteiger partial charge in [-0.05, 0) is 43.5 Å². The molecule has 0 unspecified atom stereocenters. The summed E-state index contributed by atoms with van der Waals surface area (Å²) < 4.78 is 0. The minimum Gasteiger partial charge on any atom is -0.313 e. The number of aryl methyl sites for hydroxylation is 2. The molecule has 0 saturated heterocycles. The van der Waals surface area contributed by atoms with Gasteiger partial charge in [-0.3, -0.25) is 0 Å². The Balaban J connectivity index is 0.000000729. The molecular formula is C27H44ClN. The van der Waals surface area contributed by atoms with Crippen LogP contribution in [0.25, 0.3) is 0 Å². The number of unbranched alkanes of at least 4 members (excludes halogenated alkanes) is 9. The Bertz CT molecular complexity index is 561. The molecule has 0 amide bonds. The Hall–Kier alpha value is -1.31. The predicted octanol–water partition coefficient (Wildman–Crippen LogP) is 8.42. The summed E-state index contributed by atoms with van der Waals surface area (Å²) in [5.41, 5.74) is 4.12. The van der Waals surface area contributed by atoms with Crippen LogP contribution in [-0.4, -0.2) is 6.54 Å². The van der Waals surface area contributed by atoms with Crippen molar-refractivity contribution in [1.29, 1.82) is 0 Å². The molecule has 0 spiro atoms. The summed E-state index contributed by atoms with van der Waals surface area (Å²) in [6, 6.07) is 19.0. The topological polar surface area (TPSA) is 12.0 Å². The molecule has 0 aromatic heterocycles. The van der Waals surface area contributed by atoms with Crippen LogP contribution < -0.4 is 5.32 Å². The maximum atomic E-state index is 3.53. The molecule has 2 rings (SSSR count). The van der Waals surface area contributed by atoms with Crippen molar-refractivity contribution in [2.24, 2.45) is 0 Å². The zero-order valence-corrected chi connectivity index (χ0v) is 19.9. The van der Waals surface area contributed by atoms with Crippen LogP contribution in [0.2, 0.25) is 0 Å². The molecule has 2 aromatic carbocycles. The third-order valence-electron chi connectivity index (χ3n) is 5.30. The minimum atomic E-state index is 0. The average Bonchev–Trinajstić information content (AvgIpc) is 2.72. The van der Waals surface area contributed by atoms with Crippen molar-refractivity contribution in [2.75, 3.05) is 6.54 Å². The summed E-state index contributed by atoms with van der Waals surface area (Å²) in [5.74, 6) is 0. The highest BCUT2D eigenvalue weighted by Gasteiger charge is 1.93. The van der Waals surface area contributed by atoms with Gasteiger partial charge in [-0.2, -0.15) is 0 Å². The Kier molecular flexibility index (Phi) is 19.1. The Morgan fingerprint density at radius 1 is 0.586 bits per heavy atom. The van der Waals surface area contributed by atoms with E-state index in [0.717, 1.165) is 13.1 Å². The second-order valence-electron chi connectivity index (χ2n) is 7.93. The maximum absolute atomic E-state index is 3.53. The van der Waals surface area contributed by atoms with Crippen molar-refractivity contribution in [3.8, 4) is 0 Å². The van der Waals surface area contributed by atoms with E-state index in [1.165, 1.54) is 80.9 Å². The fraction of sp³-hybridized carbons (Fsp3) is 0.556. The number of halogens is 1.